The molecule has 1 saturated carbocycles. The van der Waals surface area contributed by atoms with Crippen molar-refractivity contribution >= 4 is 24.5 Å². The Hall–Kier alpha value is -2.27. The van der Waals surface area contributed by atoms with Crippen LogP contribution in [0.3, 0.4) is 0 Å². The lowest BCUT2D eigenvalue weighted by Gasteiger charge is -2.24. The number of amides is 1. The average Bonchev–Trinajstić information content (AvgIpc) is 2.75. The van der Waals surface area contributed by atoms with Crippen LogP contribution in [0.4, 0.5) is 0 Å². The van der Waals surface area contributed by atoms with Gasteiger partial charge in [-0.2, -0.15) is 12.6 Å². The average molecular weight is 412 g/mol. The van der Waals surface area contributed by atoms with Crippen molar-refractivity contribution in [3.05, 3.63) is 60.2 Å². The Labute approximate surface area is 178 Å². The first-order valence-electron chi connectivity index (χ1n) is 10.4. The van der Waals surface area contributed by atoms with Gasteiger partial charge in [0, 0.05) is 6.42 Å². The molecule has 0 spiro atoms. The topological polar surface area (TPSA) is 66.4 Å². The first kappa shape index (κ1) is 21.4. The number of carboxylic acids is 1. The van der Waals surface area contributed by atoms with E-state index in [0.29, 0.717) is 12.3 Å². The van der Waals surface area contributed by atoms with E-state index in [1.165, 1.54) is 19.3 Å². The molecule has 5 heteroatoms. The summed E-state index contributed by atoms with van der Waals surface area (Å²) in [7, 11) is 0. The number of rotatable bonds is 8. The van der Waals surface area contributed by atoms with Crippen LogP contribution in [-0.4, -0.2) is 28.3 Å². The zero-order chi connectivity index (χ0) is 20.6. The Morgan fingerprint density at radius 1 is 0.966 bits per heavy atom. The smallest absolute Gasteiger partial charge is 0.326 e. The second kappa shape index (κ2) is 10.5. The molecule has 2 aromatic carbocycles. The SMILES string of the molecule is O=C(N[C@@H](Cc1ccc(-c2ccccc2)cc1)C(=O)O)[C@H](S)CC1CCCCC1. The second-order valence-electron chi connectivity index (χ2n) is 7.92. The Balaban J connectivity index is 1.58. The molecule has 29 heavy (non-hydrogen) atoms. The molecule has 1 amide bonds. The highest BCUT2D eigenvalue weighted by Gasteiger charge is 2.26. The molecule has 3 rings (SSSR count). The number of carboxylic acid groups (broad SMARTS) is 1. The van der Waals surface area contributed by atoms with Crippen LogP contribution in [0.25, 0.3) is 11.1 Å². The summed E-state index contributed by atoms with van der Waals surface area (Å²) >= 11 is 4.45. The van der Waals surface area contributed by atoms with Crippen molar-refractivity contribution < 1.29 is 14.7 Å². The number of benzene rings is 2. The van der Waals surface area contributed by atoms with Gasteiger partial charge in [0.2, 0.25) is 5.91 Å². The van der Waals surface area contributed by atoms with Crippen molar-refractivity contribution in [3.63, 3.8) is 0 Å². The summed E-state index contributed by atoms with van der Waals surface area (Å²) in [5.41, 5.74) is 3.07. The second-order valence-corrected chi connectivity index (χ2v) is 8.55. The van der Waals surface area contributed by atoms with Crippen molar-refractivity contribution in [2.75, 3.05) is 0 Å². The minimum Gasteiger partial charge on any atom is -0.480 e. The maximum absolute atomic E-state index is 12.5. The van der Waals surface area contributed by atoms with Gasteiger partial charge in [0.25, 0.3) is 0 Å². The van der Waals surface area contributed by atoms with E-state index in [1.807, 2.05) is 54.6 Å². The predicted molar refractivity (Wildman–Crippen MR) is 119 cm³/mol. The molecule has 0 aliphatic heterocycles. The number of carbonyl (C=O) groups is 2. The molecule has 2 N–H and O–H groups in total. The maximum Gasteiger partial charge on any atom is 0.326 e. The zero-order valence-corrected chi connectivity index (χ0v) is 17.5. The lowest BCUT2D eigenvalue weighted by molar-refractivity contribution is -0.141. The summed E-state index contributed by atoms with van der Waals surface area (Å²) in [6.45, 7) is 0. The summed E-state index contributed by atoms with van der Waals surface area (Å²) in [5.74, 6) is -0.790. The van der Waals surface area contributed by atoms with E-state index < -0.39 is 17.3 Å². The third-order valence-corrected chi connectivity index (χ3v) is 6.14. The van der Waals surface area contributed by atoms with Gasteiger partial charge in [0.1, 0.15) is 6.04 Å². The summed E-state index contributed by atoms with van der Waals surface area (Å²) in [6.07, 6.45) is 6.94. The zero-order valence-electron chi connectivity index (χ0n) is 16.6. The number of hydrogen-bond donors (Lipinski definition) is 3. The summed E-state index contributed by atoms with van der Waals surface area (Å²) in [6, 6.07) is 16.9. The van der Waals surface area contributed by atoms with E-state index in [4.69, 9.17) is 0 Å². The molecule has 2 atom stereocenters. The number of hydrogen-bond acceptors (Lipinski definition) is 3. The predicted octanol–water partition coefficient (Wildman–Crippen LogP) is 4.73. The van der Waals surface area contributed by atoms with E-state index in [0.717, 1.165) is 29.5 Å². The highest BCUT2D eigenvalue weighted by Crippen LogP contribution is 2.28. The van der Waals surface area contributed by atoms with Gasteiger partial charge in [0.15, 0.2) is 0 Å². The lowest BCUT2D eigenvalue weighted by atomic mass is 9.86. The van der Waals surface area contributed by atoms with Crippen molar-refractivity contribution in [2.45, 2.75) is 56.2 Å². The molecule has 0 radical (unpaired) electrons. The van der Waals surface area contributed by atoms with Crippen molar-refractivity contribution in [3.8, 4) is 11.1 Å². The van der Waals surface area contributed by atoms with Crippen molar-refractivity contribution in [1.29, 1.82) is 0 Å². The molecule has 1 fully saturated rings. The molecule has 1 aliphatic rings. The van der Waals surface area contributed by atoms with Crippen LogP contribution < -0.4 is 5.32 Å². The first-order valence-corrected chi connectivity index (χ1v) is 10.9. The van der Waals surface area contributed by atoms with E-state index in [-0.39, 0.29) is 12.3 Å². The maximum atomic E-state index is 12.5. The normalized spacial score (nSPS) is 16.7. The van der Waals surface area contributed by atoms with Crippen LogP contribution in [0.2, 0.25) is 0 Å². The highest BCUT2D eigenvalue weighted by atomic mass is 32.1. The molecule has 154 valence electrons. The molecule has 0 unspecified atom stereocenters. The van der Waals surface area contributed by atoms with Gasteiger partial charge in [-0.15, -0.1) is 0 Å². The quantitative estimate of drug-likeness (QED) is 0.550. The van der Waals surface area contributed by atoms with Gasteiger partial charge in [-0.25, -0.2) is 4.79 Å². The molecular weight excluding hydrogens is 382 g/mol. The minimum atomic E-state index is -1.02. The molecule has 0 heterocycles. The fraction of sp³-hybridized carbons (Fsp3) is 0.417. The lowest BCUT2D eigenvalue weighted by Crippen LogP contribution is -2.45. The first-order chi connectivity index (χ1) is 14.0. The van der Waals surface area contributed by atoms with Crippen LogP contribution in [0.15, 0.2) is 54.6 Å². The number of thiol groups is 1. The monoisotopic (exact) mass is 411 g/mol. The standard InChI is InChI=1S/C24H29NO3S/c26-23(22(29)16-17-7-3-1-4-8-17)25-21(24(27)28)15-18-11-13-20(14-12-18)19-9-5-2-6-10-19/h2,5-6,9-14,17,21-22,29H,1,3-4,7-8,15-16H2,(H,25,26)(H,27,28)/t21-,22+/m0/s1. The van der Waals surface area contributed by atoms with Gasteiger partial charge in [-0.1, -0.05) is 86.7 Å². The molecular formula is C24H29NO3S. The van der Waals surface area contributed by atoms with Gasteiger partial charge in [-0.3, -0.25) is 4.79 Å². The van der Waals surface area contributed by atoms with Crippen molar-refractivity contribution in [2.24, 2.45) is 5.92 Å². The fourth-order valence-electron chi connectivity index (χ4n) is 4.01. The Morgan fingerprint density at radius 2 is 1.59 bits per heavy atom. The van der Waals surface area contributed by atoms with Crippen molar-refractivity contribution in [1.82, 2.24) is 5.32 Å². The van der Waals surface area contributed by atoms with Crippen LogP contribution in [-0.2, 0) is 16.0 Å². The highest BCUT2D eigenvalue weighted by molar-refractivity contribution is 7.81. The molecule has 4 nitrogen and oxygen atoms in total. The van der Waals surface area contributed by atoms with Gasteiger partial charge < -0.3 is 10.4 Å². The Morgan fingerprint density at radius 3 is 2.21 bits per heavy atom. The summed E-state index contributed by atoms with van der Waals surface area (Å²) in [5, 5.41) is 11.8. The summed E-state index contributed by atoms with van der Waals surface area (Å²) in [4.78, 5) is 24.2. The fourth-order valence-corrected chi connectivity index (χ4v) is 4.39. The van der Waals surface area contributed by atoms with Gasteiger partial charge >= 0.3 is 5.97 Å². The van der Waals surface area contributed by atoms with E-state index in [9.17, 15) is 14.7 Å². The van der Waals surface area contributed by atoms with Gasteiger partial charge in [0.05, 0.1) is 5.25 Å². The Kier molecular flexibility index (Phi) is 7.76. The molecule has 1 aliphatic carbocycles. The largest absolute Gasteiger partial charge is 0.480 e. The number of carbonyl (C=O) groups excluding carboxylic acids is 1. The summed E-state index contributed by atoms with van der Waals surface area (Å²) < 4.78 is 0. The molecule has 0 bridgehead atoms. The van der Waals surface area contributed by atoms with Crippen LogP contribution in [0.1, 0.15) is 44.1 Å². The van der Waals surface area contributed by atoms with E-state index in [1.54, 1.807) is 0 Å². The molecule has 0 saturated heterocycles. The Bertz CT molecular complexity index is 801. The van der Waals surface area contributed by atoms with Gasteiger partial charge in [-0.05, 0) is 29.0 Å². The van der Waals surface area contributed by atoms with E-state index >= 15 is 0 Å². The third-order valence-electron chi connectivity index (χ3n) is 5.70. The number of nitrogens with one attached hydrogen (secondary N) is 1. The molecule has 0 aromatic heterocycles. The van der Waals surface area contributed by atoms with Crippen LogP contribution >= 0.6 is 12.6 Å². The van der Waals surface area contributed by atoms with E-state index in [2.05, 4.69) is 17.9 Å². The van der Waals surface area contributed by atoms with Crippen LogP contribution in [0.5, 0.6) is 0 Å². The minimum absolute atomic E-state index is 0.250. The van der Waals surface area contributed by atoms with Crippen LogP contribution in [0, 0.1) is 5.92 Å². The number of aliphatic carboxylic acids is 1. The molecule has 2 aromatic rings. The third kappa shape index (κ3) is 6.36.